The van der Waals surface area contributed by atoms with Crippen molar-refractivity contribution >= 4 is 28.9 Å². The van der Waals surface area contributed by atoms with Crippen molar-refractivity contribution in [2.24, 2.45) is 0 Å². The number of benzene rings is 5. The summed E-state index contributed by atoms with van der Waals surface area (Å²) in [5.74, 6) is 0. The first-order chi connectivity index (χ1) is 24.7. The van der Waals surface area contributed by atoms with Crippen LogP contribution < -0.4 is 28.1 Å². The van der Waals surface area contributed by atoms with Gasteiger partial charge in [-0.1, -0.05) is 0 Å². The van der Waals surface area contributed by atoms with Gasteiger partial charge in [0.1, 0.15) is 0 Å². The Morgan fingerprint density at radius 1 is 0.618 bits per heavy atom. The Kier molecular flexibility index (Phi) is 12.4. The molecular formula is C51H57Cl3Zr. The van der Waals surface area contributed by atoms with E-state index in [0.29, 0.717) is 0 Å². The summed E-state index contributed by atoms with van der Waals surface area (Å²) in [6.07, 6.45) is 9.21. The molecule has 5 aromatic rings. The van der Waals surface area contributed by atoms with Gasteiger partial charge in [0.2, 0.25) is 0 Å². The van der Waals surface area contributed by atoms with Crippen molar-refractivity contribution in [2.75, 3.05) is 0 Å². The minimum Gasteiger partial charge on any atom is -1.00 e. The third kappa shape index (κ3) is 8.26. The van der Waals surface area contributed by atoms with Gasteiger partial charge < -0.3 is 24.8 Å². The molecule has 0 radical (unpaired) electrons. The van der Waals surface area contributed by atoms with E-state index in [1.165, 1.54) is 55.3 Å². The fourth-order valence-electron chi connectivity index (χ4n) is 8.84. The molecule has 0 atom stereocenters. The van der Waals surface area contributed by atoms with E-state index >= 15 is 0 Å². The van der Waals surface area contributed by atoms with Crippen LogP contribution in [0, 0.1) is 0 Å². The van der Waals surface area contributed by atoms with Gasteiger partial charge in [0, 0.05) is 0 Å². The van der Waals surface area contributed by atoms with Crippen LogP contribution in [-0.2, 0) is 49.3 Å². The van der Waals surface area contributed by atoms with E-state index < -0.39 is 21.3 Å². The SMILES string of the molecule is CC(C)(C)c1cc2c(cc1C(C)(C)C)-c1cc(C(C)(C)C)c(C(C)(C)C)[c](/[Zr+2]([C]3=CC=CC3)=[C](\c3ccc(Cl)cc3)c3cccc4ccccc34)c1C2.[Cl-].[Cl-]. The molecule has 0 bridgehead atoms. The Balaban J connectivity index is 0.00000290. The molecular weight excluding hydrogens is 810 g/mol. The number of rotatable bonds is 4. The third-order valence-corrected chi connectivity index (χ3v) is 19.2. The summed E-state index contributed by atoms with van der Waals surface area (Å²) in [4.78, 5) is 0. The predicted octanol–water partition coefficient (Wildman–Crippen LogP) is 7.62. The van der Waals surface area contributed by atoms with E-state index in [9.17, 15) is 0 Å². The van der Waals surface area contributed by atoms with Crippen molar-refractivity contribution in [1.82, 2.24) is 0 Å². The fourth-order valence-corrected chi connectivity index (χ4v) is 18.1. The molecule has 0 unspecified atom stereocenters. The van der Waals surface area contributed by atoms with Crippen LogP contribution in [0.5, 0.6) is 0 Å². The number of hydrogen-bond donors (Lipinski definition) is 0. The summed E-state index contributed by atoms with van der Waals surface area (Å²) in [7, 11) is 0. The Morgan fingerprint density at radius 3 is 1.78 bits per heavy atom. The summed E-state index contributed by atoms with van der Waals surface area (Å²) >= 11 is 3.55. The van der Waals surface area contributed by atoms with Crippen LogP contribution in [0.4, 0.5) is 0 Å². The molecule has 0 spiro atoms. The molecule has 0 amide bonds. The summed E-state index contributed by atoms with van der Waals surface area (Å²) in [6, 6.07) is 32.6. The van der Waals surface area contributed by atoms with Crippen LogP contribution in [0.25, 0.3) is 21.9 Å². The van der Waals surface area contributed by atoms with Gasteiger partial charge in [-0.15, -0.1) is 0 Å². The van der Waals surface area contributed by atoms with Crippen molar-refractivity contribution in [3.8, 4) is 11.1 Å². The van der Waals surface area contributed by atoms with E-state index in [1.807, 2.05) is 0 Å². The molecule has 286 valence electrons. The maximum atomic E-state index is 6.64. The minimum atomic E-state index is -3.09. The smallest absolute Gasteiger partial charge is 1.00 e. The van der Waals surface area contributed by atoms with Crippen molar-refractivity contribution in [3.05, 3.63) is 156 Å². The Morgan fingerprint density at radius 2 is 1.20 bits per heavy atom. The first-order valence-corrected chi connectivity index (χ1v) is 23.6. The largest absolute Gasteiger partial charge is 1.00 e. The molecule has 0 saturated carbocycles. The van der Waals surface area contributed by atoms with Gasteiger partial charge in [-0.25, -0.2) is 0 Å². The van der Waals surface area contributed by atoms with E-state index in [4.69, 9.17) is 11.6 Å². The number of allylic oxidation sites excluding steroid dienone is 4. The zero-order valence-electron chi connectivity index (χ0n) is 34.9. The second-order valence-corrected chi connectivity index (χ2v) is 25.9. The standard InChI is InChI=1S/C29H41.C17H11Cl.C5H5.2ClH.Zr/c1-26(2,3)22-14-18-13-19-15-23(27(4,5)6)25(29(10,11)12)17-21(19)20(18)16-24(22)28(7,8)9;18-16-10-8-13(9-11-16)12-15-6-3-5-14-4-1-2-7-17(14)15;1-2-4-5-3-1;;;/h14,16-17H,13H2,1-12H3;1-11H;1-3H,4H2;2*1H;/q;;;;;+2/p-2. The van der Waals surface area contributed by atoms with Crippen LogP contribution in [-0.4, -0.2) is 3.21 Å². The second-order valence-electron chi connectivity index (χ2n) is 19.5. The third-order valence-electron chi connectivity index (χ3n) is 11.3. The zero-order valence-corrected chi connectivity index (χ0v) is 39.6. The normalized spacial score (nSPS) is 14.2. The van der Waals surface area contributed by atoms with Crippen LogP contribution in [0.2, 0.25) is 5.02 Å². The molecule has 0 aromatic heterocycles. The topological polar surface area (TPSA) is 0 Å². The van der Waals surface area contributed by atoms with Crippen LogP contribution >= 0.6 is 11.6 Å². The van der Waals surface area contributed by atoms with Gasteiger partial charge in [0.05, 0.1) is 0 Å². The van der Waals surface area contributed by atoms with Crippen LogP contribution in [0.15, 0.2) is 106 Å². The monoisotopic (exact) mass is 864 g/mol. The van der Waals surface area contributed by atoms with Gasteiger partial charge in [0.25, 0.3) is 0 Å². The molecule has 0 fully saturated rings. The molecule has 2 aliphatic rings. The molecule has 7 rings (SSSR count). The van der Waals surface area contributed by atoms with Gasteiger partial charge in [-0.05, 0) is 0 Å². The van der Waals surface area contributed by atoms with Gasteiger partial charge in [-0.2, -0.15) is 0 Å². The van der Waals surface area contributed by atoms with Crippen LogP contribution in [0.3, 0.4) is 0 Å². The molecule has 5 aromatic carbocycles. The summed E-state index contributed by atoms with van der Waals surface area (Å²) in [6.45, 7) is 29.0. The predicted molar refractivity (Wildman–Crippen MR) is 230 cm³/mol. The quantitative estimate of drug-likeness (QED) is 0.171. The first kappa shape index (κ1) is 43.6. The zero-order chi connectivity index (χ0) is 38.2. The first-order valence-electron chi connectivity index (χ1n) is 19.5. The Bertz CT molecular complexity index is 2350. The van der Waals surface area contributed by atoms with E-state index in [2.05, 4.69) is 186 Å². The van der Waals surface area contributed by atoms with Crippen LogP contribution in [0.1, 0.15) is 134 Å². The average Bonchev–Trinajstić information content (AvgIpc) is 3.73. The Hall–Kier alpha value is -2.54. The Labute approximate surface area is 356 Å². The van der Waals surface area contributed by atoms with Crippen molar-refractivity contribution in [3.63, 3.8) is 0 Å². The summed E-state index contributed by atoms with van der Waals surface area (Å²) in [5.41, 5.74) is 14.7. The van der Waals surface area contributed by atoms with E-state index in [0.717, 1.165) is 17.9 Å². The van der Waals surface area contributed by atoms with Gasteiger partial charge in [0.15, 0.2) is 0 Å². The van der Waals surface area contributed by atoms with E-state index in [-0.39, 0.29) is 46.5 Å². The summed E-state index contributed by atoms with van der Waals surface area (Å²) < 4.78 is 4.89. The molecule has 4 heteroatoms. The molecule has 0 heterocycles. The molecule has 0 saturated heterocycles. The average molecular weight is 868 g/mol. The molecule has 0 nitrogen and oxygen atoms in total. The van der Waals surface area contributed by atoms with E-state index in [1.54, 1.807) is 20.9 Å². The molecule has 2 aliphatic carbocycles. The molecule has 55 heavy (non-hydrogen) atoms. The minimum absolute atomic E-state index is 0. The maximum absolute atomic E-state index is 6.64. The number of fused-ring (bicyclic) bond motifs is 4. The maximum Gasteiger partial charge on any atom is -1.00 e. The number of halogens is 3. The molecule has 0 N–H and O–H groups in total. The second kappa shape index (κ2) is 15.7. The molecule has 0 aliphatic heterocycles. The van der Waals surface area contributed by atoms with Crippen molar-refractivity contribution in [1.29, 1.82) is 0 Å². The van der Waals surface area contributed by atoms with Crippen molar-refractivity contribution < 1.29 is 46.1 Å². The van der Waals surface area contributed by atoms with Crippen molar-refractivity contribution in [2.45, 2.75) is 118 Å². The summed E-state index contributed by atoms with van der Waals surface area (Å²) in [5, 5.41) is 3.40. The van der Waals surface area contributed by atoms with Gasteiger partial charge >= 0.3 is 335 Å². The fraction of sp³-hybridized carbons (Fsp3) is 0.353. The number of hydrogen-bond acceptors (Lipinski definition) is 0. The van der Waals surface area contributed by atoms with Gasteiger partial charge in [-0.3, -0.25) is 0 Å².